The first-order valence-electron chi connectivity index (χ1n) is 5.06. The van der Waals surface area contributed by atoms with E-state index in [0.29, 0.717) is 0 Å². The van der Waals surface area contributed by atoms with E-state index in [4.69, 9.17) is 0 Å². The highest BCUT2D eigenvalue weighted by Gasteiger charge is 2.74. The van der Waals surface area contributed by atoms with Crippen molar-refractivity contribution in [1.82, 2.24) is 0 Å². The first-order chi connectivity index (χ1) is 5.06. The summed E-state index contributed by atoms with van der Waals surface area (Å²) in [6.07, 6.45) is 4.46. The standard InChI is InChI=1S/C11H20/c1-5-11-7-10(11,4)6-9(11)8(2)3/h8-9H,5-7H2,1-4H3. The third-order valence-electron chi connectivity index (χ3n) is 4.60. The fraction of sp³-hybridized carbons (Fsp3) is 1.00. The molecule has 0 saturated heterocycles. The van der Waals surface area contributed by atoms with E-state index in [9.17, 15) is 0 Å². The maximum Gasteiger partial charge on any atom is -0.0210 e. The molecule has 2 rings (SSSR count). The van der Waals surface area contributed by atoms with Crippen LogP contribution >= 0.6 is 0 Å². The van der Waals surface area contributed by atoms with Gasteiger partial charge in [0, 0.05) is 0 Å². The number of hydrogen-bond donors (Lipinski definition) is 0. The molecule has 3 unspecified atom stereocenters. The molecule has 0 radical (unpaired) electrons. The van der Waals surface area contributed by atoms with E-state index in [0.717, 1.165) is 22.7 Å². The zero-order valence-corrected chi connectivity index (χ0v) is 8.28. The summed E-state index contributed by atoms with van der Waals surface area (Å²) >= 11 is 0. The van der Waals surface area contributed by atoms with Gasteiger partial charge >= 0.3 is 0 Å². The van der Waals surface area contributed by atoms with Gasteiger partial charge in [0.15, 0.2) is 0 Å². The zero-order valence-electron chi connectivity index (χ0n) is 8.28. The lowest BCUT2D eigenvalue weighted by Crippen LogP contribution is -2.37. The Morgan fingerprint density at radius 2 is 2.09 bits per heavy atom. The summed E-state index contributed by atoms with van der Waals surface area (Å²) in [7, 11) is 0. The van der Waals surface area contributed by atoms with Gasteiger partial charge in [0.2, 0.25) is 0 Å². The highest BCUT2D eigenvalue weighted by Crippen LogP contribution is 2.82. The van der Waals surface area contributed by atoms with Gasteiger partial charge in [-0.05, 0) is 41.9 Å². The molecular weight excluding hydrogens is 132 g/mol. The Bertz CT molecular complexity index is 182. The molecule has 0 N–H and O–H groups in total. The van der Waals surface area contributed by atoms with E-state index >= 15 is 0 Å². The summed E-state index contributed by atoms with van der Waals surface area (Å²) in [5.74, 6) is 1.98. The number of fused-ring (bicyclic) bond motifs is 1. The molecule has 0 bridgehead atoms. The lowest BCUT2D eigenvalue weighted by atomic mass is 9.60. The van der Waals surface area contributed by atoms with Gasteiger partial charge in [-0.1, -0.05) is 27.7 Å². The largest absolute Gasteiger partial charge is 0.0648 e. The number of hydrogen-bond acceptors (Lipinski definition) is 0. The van der Waals surface area contributed by atoms with Crippen molar-refractivity contribution in [3.05, 3.63) is 0 Å². The summed E-state index contributed by atoms with van der Waals surface area (Å²) in [5.41, 5.74) is 1.60. The van der Waals surface area contributed by atoms with Gasteiger partial charge in [0.1, 0.15) is 0 Å². The molecule has 64 valence electrons. The lowest BCUT2D eigenvalue weighted by Gasteiger charge is -2.44. The minimum Gasteiger partial charge on any atom is -0.0648 e. The summed E-state index contributed by atoms with van der Waals surface area (Å²) in [5, 5.41) is 0. The zero-order chi connectivity index (χ0) is 8.28. The second-order valence-electron chi connectivity index (χ2n) is 5.30. The molecule has 0 heteroatoms. The molecular formula is C11H20. The smallest absolute Gasteiger partial charge is 0.0210 e. The molecule has 11 heavy (non-hydrogen) atoms. The van der Waals surface area contributed by atoms with Gasteiger partial charge in [-0.2, -0.15) is 0 Å². The molecule has 0 heterocycles. The van der Waals surface area contributed by atoms with Crippen LogP contribution in [0.15, 0.2) is 0 Å². The summed E-state index contributed by atoms with van der Waals surface area (Å²) in [6, 6.07) is 0. The van der Waals surface area contributed by atoms with Crippen LogP contribution in [-0.2, 0) is 0 Å². The topological polar surface area (TPSA) is 0 Å². The van der Waals surface area contributed by atoms with Crippen molar-refractivity contribution in [3.63, 3.8) is 0 Å². The van der Waals surface area contributed by atoms with Crippen LogP contribution in [0.4, 0.5) is 0 Å². The van der Waals surface area contributed by atoms with Crippen LogP contribution in [0.3, 0.4) is 0 Å². The van der Waals surface area contributed by atoms with Crippen molar-refractivity contribution in [2.45, 2.75) is 47.0 Å². The fourth-order valence-electron chi connectivity index (χ4n) is 3.74. The highest BCUT2D eigenvalue weighted by atomic mass is 14.8. The predicted octanol–water partition coefficient (Wildman–Crippen LogP) is 3.47. The Morgan fingerprint density at radius 3 is 2.27 bits per heavy atom. The van der Waals surface area contributed by atoms with Gasteiger partial charge in [0.25, 0.3) is 0 Å². The molecule has 0 aromatic rings. The Kier molecular flexibility index (Phi) is 1.28. The van der Waals surface area contributed by atoms with Crippen LogP contribution in [0, 0.1) is 22.7 Å². The Balaban J connectivity index is 2.10. The molecule has 0 amide bonds. The van der Waals surface area contributed by atoms with Crippen molar-refractivity contribution in [3.8, 4) is 0 Å². The van der Waals surface area contributed by atoms with Crippen molar-refractivity contribution < 1.29 is 0 Å². The summed E-state index contributed by atoms with van der Waals surface area (Å²) < 4.78 is 0. The maximum atomic E-state index is 2.48. The van der Waals surface area contributed by atoms with Crippen LogP contribution in [0.5, 0.6) is 0 Å². The quantitative estimate of drug-likeness (QED) is 0.568. The minimum absolute atomic E-state index is 0.788. The van der Waals surface area contributed by atoms with Gasteiger partial charge in [-0.3, -0.25) is 0 Å². The summed E-state index contributed by atoms with van der Waals surface area (Å²) in [4.78, 5) is 0. The van der Waals surface area contributed by atoms with Gasteiger partial charge < -0.3 is 0 Å². The third kappa shape index (κ3) is 0.666. The molecule has 0 aromatic heterocycles. The second-order valence-corrected chi connectivity index (χ2v) is 5.30. The first kappa shape index (κ1) is 7.64. The third-order valence-corrected chi connectivity index (χ3v) is 4.60. The molecule has 0 spiro atoms. The average molecular weight is 152 g/mol. The molecule has 2 aliphatic rings. The normalized spacial score (nSPS) is 53.7. The SMILES string of the molecule is CCC12CC1(C)CC2C(C)C. The van der Waals surface area contributed by atoms with Crippen LogP contribution in [0.2, 0.25) is 0 Å². The van der Waals surface area contributed by atoms with Crippen molar-refractivity contribution in [2.75, 3.05) is 0 Å². The van der Waals surface area contributed by atoms with Crippen LogP contribution in [0.25, 0.3) is 0 Å². The second kappa shape index (κ2) is 1.84. The molecule has 2 fully saturated rings. The minimum atomic E-state index is 0.788. The van der Waals surface area contributed by atoms with Crippen molar-refractivity contribution in [1.29, 1.82) is 0 Å². The molecule has 0 aliphatic heterocycles. The van der Waals surface area contributed by atoms with Crippen LogP contribution in [-0.4, -0.2) is 0 Å². The molecule has 3 atom stereocenters. The van der Waals surface area contributed by atoms with Crippen LogP contribution in [0.1, 0.15) is 47.0 Å². The Morgan fingerprint density at radius 1 is 1.45 bits per heavy atom. The van der Waals surface area contributed by atoms with E-state index in [1.54, 1.807) is 0 Å². The Labute approximate surface area is 70.4 Å². The van der Waals surface area contributed by atoms with Gasteiger partial charge in [-0.15, -0.1) is 0 Å². The maximum absolute atomic E-state index is 2.48. The van der Waals surface area contributed by atoms with E-state index in [1.165, 1.54) is 19.3 Å². The lowest BCUT2D eigenvalue weighted by molar-refractivity contribution is 0.0424. The van der Waals surface area contributed by atoms with E-state index < -0.39 is 0 Å². The average Bonchev–Trinajstić information content (AvgIpc) is 2.36. The summed E-state index contributed by atoms with van der Waals surface area (Å²) in [6.45, 7) is 9.63. The first-order valence-corrected chi connectivity index (χ1v) is 5.06. The predicted molar refractivity (Wildman–Crippen MR) is 48.4 cm³/mol. The van der Waals surface area contributed by atoms with Crippen molar-refractivity contribution in [2.24, 2.45) is 22.7 Å². The molecule has 0 aromatic carbocycles. The molecule has 2 saturated carbocycles. The van der Waals surface area contributed by atoms with E-state index in [2.05, 4.69) is 27.7 Å². The van der Waals surface area contributed by atoms with Gasteiger partial charge in [0.05, 0.1) is 0 Å². The van der Waals surface area contributed by atoms with E-state index in [1.807, 2.05) is 0 Å². The molecule has 0 nitrogen and oxygen atoms in total. The Hall–Kier alpha value is 0. The van der Waals surface area contributed by atoms with E-state index in [-0.39, 0.29) is 0 Å². The monoisotopic (exact) mass is 152 g/mol. The van der Waals surface area contributed by atoms with Crippen molar-refractivity contribution >= 4 is 0 Å². The molecule has 2 aliphatic carbocycles. The highest BCUT2D eigenvalue weighted by molar-refractivity contribution is 5.23. The van der Waals surface area contributed by atoms with Crippen LogP contribution < -0.4 is 0 Å². The number of rotatable bonds is 2. The van der Waals surface area contributed by atoms with Gasteiger partial charge in [-0.25, -0.2) is 0 Å². The fourth-order valence-corrected chi connectivity index (χ4v) is 3.74.